The van der Waals surface area contributed by atoms with Gasteiger partial charge in [0.2, 0.25) is 0 Å². The van der Waals surface area contributed by atoms with Crippen molar-refractivity contribution in [3.05, 3.63) is 27.5 Å². The fourth-order valence-electron chi connectivity index (χ4n) is 1.82. The number of aryl methyl sites for hydroxylation is 1. The first kappa shape index (κ1) is 15.0. The average Bonchev–Trinajstić information content (AvgIpc) is 3.03. The Morgan fingerprint density at radius 1 is 1.65 bits per heavy atom. The molecule has 7 heteroatoms. The standard InChI is InChI=1S/C13H17ClN4OS/c1-3-18-10(4-5-16-18)9-6-11(20-12(9)14)13(19)17-8(2)7-15/h4-6,8H,3,7,15H2,1-2H3,(H,17,19). The summed E-state index contributed by atoms with van der Waals surface area (Å²) >= 11 is 7.52. The minimum Gasteiger partial charge on any atom is -0.348 e. The summed E-state index contributed by atoms with van der Waals surface area (Å²) in [7, 11) is 0. The fraction of sp³-hybridized carbons (Fsp3) is 0.385. The Hall–Kier alpha value is -1.37. The lowest BCUT2D eigenvalue weighted by molar-refractivity contribution is 0.0945. The average molecular weight is 313 g/mol. The first-order chi connectivity index (χ1) is 9.56. The Bertz CT molecular complexity index is 607. The molecule has 0 aromatic carbocycles. The number of hydrogen-bond donors (Lipinski definition) is 2. The molecule has 20 heavy (non-hydrogen) atoms. The zero-order valence-corrected chi connectivity index (χ0v) is 13.0. The van der Waals surface area contributed by atoms with Gasteiger partial charge in [-0.05, 0) is 26.0 Å². The van der Waals surface area contributed by atoms with Gasteiger partial charge in [-0.3, -0.25) is 9.48 Å². The monoisotopic (exact) mass is 312 g/mol. The summed E-state index contributed by atoms with van der Waals surface area (Å²) in [6.45, 7) is 5.02. The topological polar surface area (TPSA) is 72.9 Å². The second-order valence-electron chi connectivity index (χ2n) is 4.44. The van der Waals surface area contributed by atoms with Gasteiger partial charge in [-0.1, -0.05) is 11.6 Å². The first-order valence-corrected chi connectivity index (χ1v) is 7.58. The predicted octanol–water partition coefficient (Wildman–Crippen LogP) is 2.36. The second kappa shape index (κ2) is 6.39. The number of thiophene rings is 1. The molecule has 0 bridgehead atoms. The van der Waals surface area contributed by atoms with Gasteiger partial charge in [0.25, 0.3) is 5.91 Å². The van der Waals surface area contributed by atoms with Crippen molar-refractivity contribution in [2.45, 2.75) is 26.4 Å². The van der Waals surface area contributed by atoms with Crippen LogP contribution in [-0.2, 0) is 6.54 Å². The van der Waals surface area contributed by atoms with E-state index in [4.69, 9.17) is 17.3 Å². The van der Waals surface area contributed by atoms with Gasteiger partial charge in [-0.2, -0.15) is 5.10 Å². The van der Waals surface area contributed by atoms with Crippen LogP contribution in [0.4, 0.5) is 0 Å². The molecule has 0 spiro atoms. The number of carbonyl (C=O) groups excluding carboxylic acids is 1. The van der Waals surface area contributed by atoms with Crippen molar-refractivity contribution >= 4 is 28.8 Å². The van der Waals surface area contributed by atoms with Crippen LogP contribution >= 0.6 is 22.9 Å². The highest BCUT2D eigenvalue weighted by Gasteiger charge is 2.17. The van der Waals surface area contributed by atoms with E-state index >= 15 is 0 Å². The van der Waals surface area contributed by atoms with E-state index in [-0.39, 0.29) is 11.9 Å². The summed E-state index contributed by atoms with van der Waals surface area (Å²) < 4.78 is 2.43. The zero-order valence-electron chi connectivity index (χ0n) is 11.4. The van der Waals surface area contributed by atoms with E-state index in [2.05, 4.69) is 10.4 Å². The third-order valence-electron chi connectivity index (χ3n) is 2.93. The van der Waals surface area contributed by atoms with E-state index in [0.29, 0.717) is 15.8 Å². The van der Waals surface area contributed by atoms with Crippen molar-refractivity contribution in [2.24, 2.45) is 5.73 Å². The molecule has 0 radical (unpaired) electrons. The normalized spacial score (nSPS) is 12.4. The molecule has 2 aromatic rings. The van der Waals surface area contributed by atoms with Crippen LogP contribution in [0.2, 0.25) is 4.34 Å². The predicted molar refractivity (Wildman–Crippen MR) is 82.2 cm³/mol. The highest BCUT2D eigenvalue weighted by molar-refractivity contribution is 7.18. The van der Waals surface area contributed by atoms with Crippen LogP contribution in [0.25, 0.3) is 11.3 Å². The Labute approximate surface area is 126 Å². The van der Waals surface area contributed by atoms with Gasteiger partial charge in [0.15, 0.2) is 0 Å². The molecule has 1 amide bonds. The lowest BCUT2D eigenvalue weighted by Gasteiger charge is -2.09. The molecule has 108 valence electrons. The first-order valence-electron chi connectivity index (χ1n) is 6.39. The Balaban J connectivity index is 2.28. The fourth-order valence-corrected chi connectivity index (χ4v) is 3.02. The van der Waals surface area contributed by atoms with Gasteiger partial charge in [0.05, 0.1) is 10.6 Å². The molecule has 0 aliphatic heterocycles. The van der Waals surface area contributed by atoms with Gasteiger partial charge < -0.3 is 11.1 Å². The van der Waals surface area contributed by atoms with Crippen molar-refractivity contribution in [1.29, 1.82) is 0 Å². The molecule has 3 N–H and O–H groups in total. The van der Waals surface area contributed by atoms with Gasteiger partial charge in [0, 0.05) is 30.9 Å². The van der Waals surface area contributed by atoms with E-state index < -0.39 is 0 Å². The summed E-state index contributed by atoms with van der Waals surface area (Å²) in [5.41, 5.74) is 7.25. The quantitative estimate of drug-likeness (QED) is 0.890. The van der Waals surface area contributed by atoms with E-state index in [9.17, 15) is 4.79 Å². The van der Waals surface area contributed by atoms with Gasteiger partial charge >= 0.3 is 0 Å². The molecule has 1 atom stereocenters. The SMILES string of the molecule is CCn1nccc1-c1cc(C(=O)NC(C)CN)sc1Cl. The van der Waals surface area contributed by atoms with Crippen LogP contribution < -0.4 is 11.1 Å². The molecule has 0 aliphatic rings. The van der Waals surface area contributed by atoms with E-state index in [1.807, 2.05) is 24.6 Å². The van der Waals surface area contributed by atoms with Gasteiger partial charge in [0.1, 0.15) is 4.34 Å². The summed E-state index contributed by atoms with van der Waals surface area (Å²) in [6.07, 6.45) is 1.73. The van der Waals surface area contributed by atoms with E-state index in [1.165, 1.54) is 11.3 Å². The van der Waals surface area contributed by atoms with Gasteiger partial charge in [-0.15, -0.1) is 11.3 Å². The van der Waals surface area contributed by atoms with Crippen LogP contribution in [0.1, 0.15) is 23.5 Å². The van der Waals surface area contributed by atoms with E-state index in [1.54, 1.807) is 12.3 Å². The number of nitrogens with two attached hydrogens (primary N) is 1. The summed E-state index contributed by atoms with van der Waals surface area (Å²) in [4.78, 5) is 12.6. The molecule has 0 saturated carbocycles. The summed E-state index contributed by atoms with van der Waals surface area (Å²) in [5.74, 6) is -0.149. The second-order valence-corrected chi connectivity index (χ2v) is 6.09. The molecule has 2 heterocycles. The van der Waals surface area contributed by atoms with Crippen LogP contribution in [0.3, 0.4) is 0 Å². The molecular weight excluding hydrogens is 296 g/mol. The highest BCUT2D eigenvalue weighted by Crippen LogP contribution is 2.35. The maximum Gasteiger partial charge on any atom is 0.261 e. The summed E-state index contributed by atoms with van der Waals surface area (Å²) in [6, 6.07) is 3.63. The molecule has 2 aromatic heterocycles. The van der Waals surface area contributed by atoms with Crippen molar-refractivity contribution in [2.75, 3.05) is 6.54 Å². The molecule has 0 fully saturated rings. The number of halogens is 1. The number of rotatable bonds is 5. The van der Waals surface area contributed by atoms with Gasteiger partial charge in [-0.25, -0.2) is 0 Å². The van der Waals surface area contributed by atoms with Crippen molar-refractivity contribution < 1.29 is 4.79 Å². The minimum absolute atomic E-state index is 0.0620. The minimum atomic E-state index is -0.149. The number of hydrogen-bond acceptors (Lipinski definition) is 4. The number of nitrogens with zero attached hydrogens (tertiary/aromatic N) is 2. The van der Waals surface area contributed by atoms with Crippen molar-refractivity contribution in [3.8, 4) is 11.3 Å². The Kier molecular flexibility index (Phi) is 4.80. The number of nitrogens with one attached hydrogen (secondary N) is 1. The molecule has 0 aliphatic carbocycles. The smallest absolute Gasteiger partial charge is 0.261 e. The Morgan fingerprint density at radius 2 is 2.40 bits per heavy atom. The number of amides is 1. The molecule has 0 saturated heterocycles. The maximum absolute atomic E-state index is 12.1. The third kappa shape index (κ3) is 3.03. The molecule has 1 unspecified atom stereocenters. The zero-order chi connectivity index (χ0) is 14.7. The van der Waals surface area contributed by atoms with Crippen LogP contribution in [-0.4, -0.2) is 28.3 Å². The highest BCUT2D eigenvalue weighted by atomic mass is 35.5. The molecule has 5 nitrogen and oxygen atoms in total. The van der Waals surface area contributed by atoms with E-state index in [0.717, 1.165) is 17.8 Å². The van der Waals surface area contributed by atoms with Crippen molar-refractivity contribution in [3.63, 3.8) is 0 Å². The third-order valence-corrected chi connectivity index (χ3v) is 4.29. The maximum atomic E-state index is 12.1. The summed E-state index contributed by atoms with van der Waals surface area (Å²) in [5, 5.41) is 7.04. The lowest BCUT2D eigenvalue weighted by Crippen LogP contribution is -2.37. The largest absolute Gasteiger partial charge is 0.348 e. The van der Waals surface area contributed by atoms with Crippen LogP contribution in [0, 0.1) is 0 Å². The number of carbonyl (C=O) groups is 1. The number of aromatic nitrogens is 2. The van der Waals surface area contributed by atoms with Crippen molar-refractivity contribution in [1.82, 2.24) is 15.1 Å². The Morgan fingerprint density at radius 3 is 3.05 bits per heavy atom. The lowest BCUT2D eigenvalue weighted by atomic mass is 10.2. The molecular formula is C13H17ClN4OS. The van der Waals surface area contributed by atoms with Crippen LogP contribution in [0.5, 0.6) is 0 Å². The van der Waals surface area contributed by atoms with Crippen LogP contribution in [0.15, 0.2) is 18.3 Å². The molecule has 2 rings (SSSR count).